The van der Waals surface area contributed by atoms with Crippen molar-refractivity contribution < 1.29 is 4.79 Å². The van der Waals surface area contributed by atoms with Crippen molar-refractivity contribution in [3.05, 3.63) is 42.5 Å². The third-order valence-electron chi connectivity index (χ3n) is 1.80. The molecule has 0 fully saturated rings. The average Bonchev–Trinajstić information content (AvgIpc) is 2.38. The van der Waals surface area contributed by atoms with E-state index in [1.165, 1.54) is 11.8 Å². The number of amides is 1. The maximum Gasteiger partial charge on any atom is 0.240 e. The average molecular weight is 270 g/mol. The van der Waals surface area contributed by atoms with Crippen molar-refractivity contribution in [2.45, 2.75) is 0 Å². The number of hydrogen-bond acceptors (Lipinski definition) is 4. The maximum atomic E-state index is 11.1. The number of rotatable bonds is 3. The molecule has 0 aliphatic heterocycles. The molecule has 3 N–H and O–H groups in total. The van der Waals surface area contributed by atoms with E-state index in [0.29, 0.717) is 0 Å². The van der Waals surface area contributed by atoms with Gasteiger partial charge in [0.15, 0.2) is 5.17 Å². The molecule has 0 unspecified atom stereocenters. The third kappa shape index (κ3) is 4.50. The van der Waals surface area contributed by atoms with Crippen LogP contribution in [0.1, 0.15) is 5.56 Å². The Labute approximate surface area is 109 Å². The lowest BCUT2D eigenvalue weighted by molar-refractivity contribution is -0.117. The van der Waals surface area contributed by atoms with Gasteiger partial charge in [-0.15, -0.1) is 11.6 Å². The van der Waals surface area contributed by atoms with Crippen molar-refractivity contribution in [2.24, 2.45) is 10.9 Å². The standard InChI is InChI=1S/C11H12ClN3OS/c1-8(9-5-3-2-4-6-9)17-11(15-13)14-10(16)7-12/h2-6H,1,7,13H2,(H,14,15,16). The predicted octanol–water partition coefficient (Wildman–Crippen LogP) is 1.98. The quantitative estimate of drug-likeness (QED) is 0.290. The van der Waals surface area contributed by atoms with Crippen LogP contribution in [0, 0.1) is 0 Å². The predicted molar refractivity (Wildman–Crippen MR) is 73.6 cm³/mol. The van der Waals surface area contributed by atoms with Gasteiger partial charge < -0.3 is 11.2 Å². The normalized spacial score (nSPS) is 11.0. The van der Waals surface area contributed by atoms with Crippen LogP contribution >= 0.6 is 23.4 Å². The molecule has 4 nitrogen and oxygen atoms in total. The van der Waals surface area contributed by atoms with Gasteiger partial charge >= 0.3 is 0 Å². The molecule has 0 heterocycles. The van der Waals surface area contributed by atoms with E-state index in [0.717, 1.165) is 10.5 Å². The molecular weight excluding hydrogens is 258 g/mol. The van der Waals surface area contributed by atoms with Gasteiger partial charge in [-0.3, -0.25) is 4.79 Å². The Morgan fingerprint density at radius 1 is 1.47 bits per heavy atom. The zero-order chi connectivity index (χ0) is 12.7. The molecule has 17 heavy (non-hydrogen) atoms. The van der Waals surface area contributed by atoms with Crippen LogP contribution in [0.15, 0.2) is 42.0 Å². The maximum absolute atomic E-state index is 11.1. The summed E-state index contributed by atoms with van der Waals surface area (Å²) in [7, 11) is 0. The van der Waals surface area contributed by atoms with Gasteiger partial charge in [0.1, 0.15) is 5.88 Å². The largest absolute Gasteiger partial charge is 0.321 e. The Hall–Kier alpha value is -1.46. The van der Waals surface area contributed by atoms with Crippen LogP contribution in [0.25, 0.3) is 4.91 Å². The molecule has 1 aromatic rings. The first-order valence-corrected chi connectivity index (χ1v) is 6.08. The second-order valence-electron chi connectivity index (χ2n) is 3.01. The van der Waals surface area contributed by atoms with Crippen LogP contribution in [0.5, 0.6) is 0 Å². The lowest BCUT2D eigenvalue weighted by atomic mass is 10.2. The zero-order valence-electron chi connectivity index (χ0n) is 9.02. The first-order valence-electron chi connectivity index (χ1n) is 4.73. The van der Waals surface area contributed by atoms with Gasteiger partial charge in [0.25, 0.3) is 0 Å². The summed E-state index contributed by atoms with van der Waals surface area (Å²) < 4.78 is 0. The van der Waals surface area contributed by atoms with Gasteiger partial charge in [-0.1, -0.05) is 48.7 Å². The third-order valence-corrected chi connectivity index (χ3v) is 2.93. The first kappa shape index (κ1) is 13.6. The van der Waals surface area contributed by atoms with Crippen LogP contribution in [0.2, 0.25) is 0 Å². The van der Waals surface area contributed by atoms with E-state index < -0.39 is 0 Å². The minimum Gasteiger partial charge on any atom is -0.321 e. The van der Waals surface area contributed by atoms with E-state index in [1.807, 2.05) is 30.3 Å². The molecule has 0 bridgehead atoms. The zero-order valence-corrected chi connectivity index (χ0v) is 10.6. The van der Waals surface area contributed by atoms with E-state index in [9.17, 15) is 4.79 Å². The Morgan fingerprint density at radius 3 is 2.65 bits per heavy atom. The lowest BCUT2D eigenvalue weighted by Gasteiger charge is -2.08. The number of amidine groups is 1. The Balaban J connectivity index is 2.64. The fourth-order valence-corrected chi connectivity index (χ4v) is 1.81. The smallest absolute Gasteiger partial charge is 0.240 e. The number of benzene rings is 1. The van der Waals surface area contributed by atoms with Crippen LogP contribution < -0.4 is 11.2 Å². The summed E-state index contributed by atoms with van der Waals surface area (Å²) in [6, 6.07) is 9.53. The summed E-state index contributed by atoms with van der Waals surface area (Å²) in [5, 5.41) is 6.21. The summed E-state index contributed by atoms with van der Waals surface area (Å²) in [4.78, 5) is 11.8. The van der Waals surface area contributed by atoms with E-state index in [4.69, 9.17) is 17.4 Å². The monoisotopic (exact) mass is 269 g/mol. The molecule has 0 saturated carbocycles. The van der Waals surface area contributed by atoms with Crippen molar-refractivity contribution in [3.63, 3.8) is 0 Å². The summed E-state index contributed by atoms with van der Waals surface area (Å²) in [6.45, 7) is 3.89. The SMILES string of the molecule is C=C(S/C(=N\N)NC(=O)CCl)c1ccccc1. The molecule has 1 aromatic carbocycles. The number of halogens is 1. The summed E-state index contributed by atoms with van der Waals surface area (Å²) in [5.74, 6) is 4.67. The molecule has 0 saturated heterocycles. The molecule has 0 aliphatic carbocycles. The van der Waals surface area contributed by atoms with Crippen molar-refractivity contribution in [1.82, 2.24) is 5.32 Å². The molecule has 6 heteroatoms. The highest BCUT2D eigenvalue weighted by atomic mass is 35.5. The van der Waals surface area contributed by atoms with Gasteiger partial charge in [0.2, 0.25) is 5.91 Å². The second-order valence-corrected chi connectivity index (χ2v) is 4.36. The highest BCUT2D eigenvalue weighted by Crippen LogP contribution is 2.25. The fraction of sp³-hybridized carbons (Fsp3) is 0.0909. The van der Waals surface area contributed by atoms with E-state index in [-0.39, 0.29) is 17.0 Å². The van der Waals surface area contributed by atoms with Crippen molar-refractivity contribution >= 4 is 39.3 Å². The summed E-state index contributed by atoms with van der Waals surface area (Å²) >= 11 is 6.55. The van der Waals surface area contributed by atoms with Crippen molar-refractivity contribution in [2.75, 3.05) is 5.88 Å². The summed E-state index contributed by atoms with van der Waals surface area (Å²) in [5.41, 5.74) is 0.943. The lowest BCUT2D eigenvalue weighted by Crippen LogP contribution is -2.30. The van der Waals surface area contributed by atoms with Crippen LogP contribution in [-0.2, 0) is 4.79 Å². The van der Waals surface area contributed by atoms with Gasteiger partial charge in [-0.2, -0.15) is 5.10 Å². The minimum absolute atomic E-state index is 0.141. The number of nitrogens with zero attached hydrogens (tertiary/aromatic N) is 1. The number of nitrogens with one attached hydrogen (secondary N) is 1. The van der Waals surface area contributed by atoms with Gasteiger partial charge in [-0.05, 0) is 5.56 Å². The second kappa shape index (κ2) is 6.98. The number of carbonyl (C=O) groups is 1. The minimum atomic E-state index is -0.357. The molecule has 1 amide bonds. The first-order chi connectivity index (χ1) is 8.17. The Kier molecular flexibility index (Phi) is 5.59. The topological polar surface area (TPSA) is 67.5 Å². The molecule has 1 rings (SSSR count). The number of alkyl halides is 1. The van der Waals surface area contributed by atoms with Gasteiger partial charge in [0, 0.05) is 4.91 Å². The number of hydrogen-bond donors (Lipinski definition) is 2. The van der Waals surface area contributed by atoms with Crippen LogP contribution in [0.4, 0.5) is 0 Å². The van der Waals surface area contributed by atoms with Crippen molar-refractivity contribution in [1.29, 1.82) is 0 Å². The molecule has 90 valence electrons. The van der Waals surface area contributed by atoms with E-state index >= 15 is 0 Å². The number of hydrazone groups is 1. The highest BCUT2D eigenvalue weighted by Gasteiger charge is 2.08. The number of nitrogens with two attached hydrogens (primary N) is 1. The van der Waals surface area contributed by atoms with Crippen LogP contribution in [0.3, 0.4) is 0 Å². The Bertz CT molecular complexity index is 434. The fourth-order valence-electron chi connectivity index (χ4n) is 1.04. The van der Waals surface area contributed by atoms with Crippen molar-refractivity contribution in [3.8, 4) is 0 Å². The highest BCUT2D eigenvalue weighted by molar-refractivity contribution is 8.21. The van der Waals surface area contributed by atoms with Crippen LogP contribution in [-0.4, -0.2) is 17.0 Å². The Morgan fingerprint density at radius 2 is 2.12 bits per heavy atom. The van der Waals surface area contributed by atoms with Gasteiger partial charge in [0.05, 0.1) is 0 Å². The van der Waals surface area contributed by atoms with E-state index in [1.54, 1.807) is 0 Å². The summed E-state index contributed by atoms with van der Waals surface area (Å²) in [6.07, 6.45) is 0. The molecule has 0 aromatic heterocycles. The molecule has 0 atom stereocenters. The number of thioether (sulfide) groups is 1. The van der Waals surface area contributed by atoms with E-state index in [2.05, 4.69) is 17.0 Å². The number of carbonyl (C=O) groups excluding carboxylic acids is 1. The van der Waals surface area contributed by atoms with Gasteiger partial charge in [-0.25, -0.2) is 0 Å². The molecule has 0 spiro atoms. The molecule has 0 radical (unpaired) electrons. The molecule has 0 aliphatic rings. The molecular formula is C11H12ClN3OS.